The Hall–Kier alpha value is -3.81. The number of carbonyl (C=O) groups is 2. The molecular weight excluding hydrogens is 463 g/mol. The first kappa shape index (κ1) is 25.3. The van der Waals surface area contributed by atoms with Crippen molar-refractivity contribution in [3.8, 4) is 28.4 Å². The summed E-state index contributed by atoms with van der Waals surface area (Å²) in [5, 5.41) is 4.64. The second-order valence-electron chi connectivity index (χ2n) is 8.79. The van der Waals surface area contributed by atoms with Gasteiger partial charge in [-0.2, -0.15) is 0 Å². The zero-order valence-corrected chi connectivity index (χ0v) is 20.8. The van der Waals surface area contributed by atoms with Crippen LogP contribution in [0.5, 0.6) is 17.2 Å². The number of rotatable bonds is 9. The average Bonchev–Trinajstić information content (AvgIpc) is 3.41. The van der Waals surface area contributed by atoms with Gasteiger partial charge in [0.25, 0.3) is 0 Å². The van der Waals surface area contributed by atoms with Crippen LogP contribution < -0.4 is 19.5 Å². The molecular formula is C28H31FN2O5. The van der Waals surface area contributed by atoms with Crippen LogP contribution in [0.4, 0.5) is 4.39 Å². The summed E-state index contributed by atoms with van der Waals surface area (Å²) < 4.78 is 28.7. The minimum Gasteiger partial charge on any atom is -0.493 e. The third-order valence-corrected chi connectivity index (χ3v) is 6.56. The van der Waals surface area contributed by atoms with E-state index in [0.29, 0.717) is 36.8 Å². The van der Waals surface area contributed by atoms with Gasteiger partial charge in [0, 0.05) is 19.6 Å². The van der Waals surface area contributed by atoms with Gasteiger partial charge in [-0.3, -0.25) is 9.59 Å². The molecule has 0 radical (unpaired) electrons. The molecule has 1 fully saturated rings. The summed E-state index contributed by atoms with van der Waals surface area (Å²) in [6, 6.07) is 16.0. The van der Waals surface area contributed by atoms with Crippen LogP contribution in [-0.4, -0.2) is 64.4 Å². The first-order valence-corrected chi connectivity index (χ1v) is 11.9. The average molecular weight is 495 g/mol. The van der Waals surface area contributed by atoms with Crippen LogP contribution in [0.2, 0.25) is 0 Å². The standard InChI is InChI=1S/C28H31FN2O5/c1-34-24-15-23(16-25(35-2)27(24)36-3)21-7-6-19-12-18(4-5-20(19)14-21)13-26(32)31-11-8-22(17-31)28(33)30-10-9-29/h4-7,12,14-16,22H,8-11,13,17H2,1-3H3,(H,30,33). The molecule has 4 rings (SSSR count). The van der Waals surface area contributed by atoms with Crippen molar-refractivity contribution in [1.29, 1.82) is 0 Å². The molecule has 7 nitrogen and oxygen atoms in total. The molecule has 0 spiro atoms. The van der Waals surface area contributed by atoms with Gasteiger partial charge in [-0.1, -0.05) is 30.3 Å². The molecule has 190 valence electrons. The Labute approximate surface area is 210 Å². The smallest absolute Gasteiger partial charge is 0.227 e. The second kappa shape index (κ2) is 11.3. The van der Waals surface area contributed by atoms with Gasteiger partial charge < -0.3 is 24.4 Å². The van der Waals surface area contributed by atoms with Crippen molar-refractivity contribution in [2.24, 2.45) is 5.92 Å². The molecule has 8 heteroatoms. The Balaban J connectivity index is 1.48. The number of nitrogens with one attached hydrogen (secondary N) is 1. The predicted molar refractivity (Wildman–Crippen MR) is 136 cm³/mol. The van der Waals surface area contributed by atoms with Crippen molar-refractivity contribution in [3.63, 3.8) is 0 Å². The number of ether oxygens (including phenoxy) is 3. The number of likely N-dealkylation sites (tertiary alicyclic amines) is 1. The van der Waals surface area contributed by atoms with E-state index in [1.165, 1.54) is 0 Å². The summed E-state index contributed by atoms with van der Waals surface area (Å²) in [4.78, 5) is 26.6. The zero-order chi connectivity index (χ0) is 25.7. The topological polar surface area (TPSA) is 77.1 Å². The summed E-state index contributed by atoms with van der Waals surface area (Å²) in [5.74, 6) is 1.25. The monoisotopic (exact) mass is 494 g/mol. The number of hydrogen-bond donors (Lipinski definition) is 1. The van der Waals surface area contributed by atoms with Gasteiger partial charge in [0.15, 0.2) is 11.5 Å². The first-order valence-electron chi connectivity index (χ1n) is 11.9. The maximum atomic E-state index is 12.8. The highest BCUT2D eigenvalue weighted by molar-refractivity contribution is 5.90. The Morgan fingerprint density at radius 2 is 1.64 bits per heavy atom. The van der Waals surface area contributed by atoms with E-state index >= 15 is 0 Å². The number of fused-ring (bicyclic) bond motifs is 1. The summed E-state index contributed by atoms with van der Waals surface area (Å²) in [6.07, 6.45) is 0.870. The molecule has 2 amide bonds. The molecule has 3 aromatic rings. The van der Waals surface area contributed by atoms with Crippen LogP contribution in [0.15, 0.2) is 48.5 Å². The number of carbonyl (C=O) groups excluding carboxylic acids is 2. The van der Waals surface area contributed by atoms with Gasteiger partial charge >= 0.3 is 0 Å². The molecule has 0 bridgehead atoms. The maximum absolute atomic E-state index is 12.8. The van der Waals surface area contributed by atoms with Gasteiger partial charge in [-0.05, 0) is 52.1 Å². The lowest BCUT2D eigenvalue weighted by atomic mass is 9.98. The minimum absolute atomic E-state index is 0.0100. The number of nitrogens with zero attached hydrogens (tertiary/aromatic N) is 1. The van der Waals surface area contributed by atoms with E-state index in [1.54, 1.807) is 26.2 Å². The molecule has 0 aliphatic carbocycles. The Morgan fingerprint density at radius 3 is 2.31 bits per heavy atom. The van der Waals surface area contributed by atoms with Gasteiger partial charge in [-0.15, -0.1) is 0 Å². The fourth-order valence-corrected chi connectivity index (χ4v) is 4.63. The molecule has 1 N–H and O–H groups in total. The first-order chi connectivity index (χ1) is 17.5. The van der Waals surface area contributed by atoms with Crippen molar-refractivity contribution < 1.29 is 28.2 Å². The lowest BCUT2D eigenvalue weighted by molar-refractivity contribution is -0.130. The third-order valence-electron chi connectivity index (χ3n) is 6.56. The van der Waals surface area contributed by atoms with Crippen LogP contribution in [0, 0.1) is 5.92 Å². The summed E-state index contributed by atoms with van der Waals surface area (Å²) >= 11 is 0. The quantitative estimate of drug-likeness (QED) is 0.487. The number of amides is 2. The molecule has 1 unspecified atom stereocenters. The van der Waals surface area contributed by atoms with E-state index in [4.69, 9.17) is 14.2 Å². The fraction of sp³-hybridized carbons (Fsp3) is 0.357. The molecule has 1 saturated heterocycles. The van der Waals surface area contributed by atoms with Crippen molar-refractivity contribution >= 4 is 22.6 Å². The number of methoxy groups -OCH3 is 3. The Morgan fingerprint density at radius 1 is 0.944 bits per heavy atom. The van der Waals surface area contributed by atoms with Crippen LogP contribution in [0.3, 0.4) is 0 Å². The van der Waals surface area contributed by atoms with E-state index < -0.39 is 6.67 Å². The van der Waals surface area contributed by atoms with Crippen LogP contribution in [-0.2, 0) is 16.0 Å². The number of hydrogen-bond acceptors (Lipinski definition) is 5. The number of benzene rings is 3. The second-order valence-corrected chi connectivity index (χ2v) is 8.79. The lowest BCUT2D eigenvalue weighted by Gasteiger charge is -2.17. The van der Waals surface area contributed by atoms with Crippen LogP contribution >= 0.6 is 0 Å². The van der Waals surface area contributed by atoms with Gasteiger partial charge in [0.1, 0.15) is 6.67 Å². The van der Waals surface area contributed by atoms with E-state index in [1.807, 2.05) is 42.5 Å². The van der Waals surface area contributed by atoms with Crippen molar-refractivity contribution in [1.82, 2.24) is 10.2 Å². The minimum atomic E-state index is -0.590. The van der Waals surface area contributed by atoms with E-state index in [9.17, 15) is 14.0 Å². The lowest BCUT2D eigenvalue weighted by Crippen LogP contribution is -2.35. The van der Waals surface area contributed by atoms with Gasteiger partial charge in [0.2, 0.25) is 17.6 Å². The molecule has 1 aliphatic heterocycles. The van der Waals surface area contributed by atoms with Gasteiger partial charge in [-0.25, -0.2) is 4.39 Å². The summed E-state index contributed by atoms with van der Waals surface area (Å²) in [6.45, 7) is 0.343. The molecule has 1 atom stereocenters. The molecule has 0 aromatic heterocycles. The third kappa shape index (κ3) is 5.37. The normalized spacial score (nSPS) is 15.1. The van der Waals surface area contributed by atoms with E-state index in [2.05, 4.69) is 11.4 Å². The zero-order valence-electron chi connectivity index (χ0n) is 20.8. The van der Waals surface area contributed by atoms with Crippen molar-refractivity contribution in [3.05, 3.63) is 54.1 Å². The SMILES string of the molecule is COc1cc(-c2ccc3cc(CC(=O)N4CCC(C(=O)NCCF)C4)ccc3c2)cc(OC)c1OC. The summed E-state index contributed by atoms with van der Waals surface area (Å²) in [5.41, 5.74) is 2.85. The molecule has 1 aliphatic rings. The number of halogens is 1. The summed E-state index contributed by atoms with van der Waals surface area (Å²) in [7, 11) is 4.76. The number of alkyl halides is 1. The largest absolute Gasteiger partial charge is 0.493 e. The molecule has 0 saturated carbocycles. The molecule has 3 aromatic carbocycles. The van der Waals surface area contributed by atoms with Gasteiger partial charge in [0.05, 0.1) is 33.7 Å². The Kier molecular flexibility index (Phi) is 7.93. The van der Waals surface area contributed by atoms with E-state index in [-0.39, 0.29) is 30.7 Å². The highest BCUT2D eigenvalue weighted by Gasteiger charge is 2.30. The van der Waals surface area contributed by atoms with Crippen molar-refractivity contribution in [2.75, 3.05) is 47.6 Å². The predicted octanol–water partition coefficient (Wildman–Crippen LogP) is 4.01. The van der Waals surface area contributed by atoms with Crippen molar-refractivity contribution in [2.45, 2.75) is 12.8 Å². The van der Waals surface area contributed by atoms with E-state index in [0.717, 1.165) is 27.5 Å². The molecule has 36 heavy (non-hydrogen) atoms. The van der Waals surface area contributed by atoms with Crippen LogP contribution in [0.1, 0.15) is 12.0 Å². The fourth-order valence-electron chi connectivity index (χ4n) is 4.63. The highest BCUT2D eigenvalue weighted by atomic mass is 19.1. The maximum Gasteiger partial charge on any atom is 0.227 e. The highest BCUT2D eigenvalue weighted by Crippen LogP contribution is 2.41. The van der Waals surface area contributed by atoms with Crippen LogP contribution in [0.25, 0.3) is 21.9 Å². The molecule has 1 heterocycles. The Bertz CT molecular complexity index is 1240.